The van der Waals surface area contributed by atoms with Gasteiger partial charge < -0.3 is 14.6 Å². The second kappa shape index (κ2) is 6.97. The molecule has 0 saturated carbocycles. The number of carbonyl (C=O) groups is 1. The highest BCUT2D eigenvalue weighted by Crippen LogP contribution is 2.37. The number of H-pyrrole nitrogens is 1. The van der Waals surface area contributed by atoms with Crippen LogP contribution < -0.4 is 4.90 Å². The highest BCUT2D eigenvalue weighted by molar-refractivity contribution is 5.83. The van der Waals surface area contributed by atoms with Crippen molar-refractivity contribution in [3.05, 3.63) is 66.5 Å². The minimum atomic E-state index is -0.268. The first-order valence-electron chi connectivity index (χ1n) is 10.7. The summed E-state index contributed by atoms with van der Waals surface area (Å²) >= 11 is 0. The number of amides is 1. The lowest BCUT2D eigenvalue weighted by atomic mass is 9.87. The van der Waals surface area contributed by atoms with E-state index in [0.717, 1.165) is 59.2 Å². The number of ether oxygens (including phenoxy) is 1. The number of carbonyl (C=O) groups excluding carboxylic acids is 1. The quantitative estimate of drug-likeness (QED) is 0.547. The Kier molecular flexibility index (Phi) is 4.09. The first-order chi connectivity index (χ1) is 15.2. The van der Waals surface area contributed by atoms with Crippen molar-refractivity contribution in [2.24, 2.45) is 0 Å². The van der Waals surface area contributed by atoms with Crippen LogP contribution >= 0.6 is 0 Å². The van der Waals surface area contributed by atoms with Crippen LogP contribution in [0.1, 0.15) is 18.4 Å². The van der Waals surface area contributed by atoms with Gasteiger partial charge in [0.2, 0.25) is 0 Å². The maximum absolute atomic E-state index is 12.7. The molecule has 1 N–H and O–H groups in total. The van der Waals surface area contributed by atoms with Gasteiger partial charge in [-0.3, -0.25) is 9.88 Å². The van der Waals surface area contributed by atoms with Crippen molar-refractivity contribution >= 4 is 33.8 Å². The van der Waals surface area contributed by atoms with Crippen molar-refractivity contribution < 1.29 is 9.53 Å². The van der Waals surface area contributed by atoms with Crippen LogP contribution in [0.2, 0.25) is 0 Å². The second-order valence-electron chi connectivity index (χ2n) is 8.43. The molecular weight excluding hydrogens is 390 g/mol. The molecule has 156 valence electrons. The summed E-state index contributed by atoms with van der Waals surface area (Å²) in [5.41, 5.74) is 3.75. The van der Waals surface area contributed by atoms with E-state index >= 15 is 0 Å². The molecule has 2 aliphatic rings. The highest BCUT2D eigenvalue weighted by atomic mass is 16.6. The van der Waals surface area contributed by atoms with Crippen LogP contribution in [0.4, 0.5) is 10.6 Å². The number of hydrogen-bond donors (Lipinski definition) is 1. The largest absolute Gasteiger partial charge is 0.447 e. The molecule has 0 bridgehead atoms. The molecule has 7 nitrogen and oxygen atoms in total. The van der Waals surface area contributed by atoms with Gasteiger partial charge in [-0.05, 0) is 36.6 Å². The third-order valence-corrected chi connectivity index (χ3v) is 6.71. The smallest absolute Gasteiger partial charge is 0.410 e. The number of aromatic nitrogens is 3. The average Bonchev–Trinajstić information content (AvgIpc) is 3.36. The molecule has 0 aliphatic carbocycles. The summed E-state index contributed by atoms with van der Waals surface area (Å²) in [4.78, 5) is 29.5. The van der Waals surface area contributed by atoms with Crippen molar-refractivity contribution in [3.8, 4) is 0 Å². The second-order valence-corrected chi connectivity index (χ2v) is 8.43. The van der Waals surface area contributed by atoms with Gasteiger partial charge in [0.05, 0.1) is 29.3 Å². The average molecular weight is 413 g/mol. The van der Waals surface area contributed by atoms with Gasteiger partial charge in [0.25, 0.3) is 0 Å². The lowest BCUT2D eigenvalue weighted by molar-refractivity contribution is 0.126. The predicted molar refractivity (Wildman–Crippen MR) is 119 cm³/mol. The Morgan fingerprint density at radius 3 is 2.68 bits per heavy atom. The summed E-state index contributed by atoms with van der Waals surface area (Å²) in [5.74, 6) is 0.891. The summed E-state index contributed by atoms with van der Waals surface area (Å²) in [6.45, 7) is 2.63. The molecule has 4 heterocycles. The van der Waals surface area contributed by atoms with Gasteiger partial charge in [0.15, 0.2) is 0 Å². The Morgan fingerprint density at radius 1 is 1.03 bits per heavy atom. The number of aromatic amines is 1. The van der Waals surface area contributed by atoms with E-state index in [-0.39, 0.29) is 11.6 Å². The molecule has 2 aromatic carbocycles. The maximum atomic E-state index is 12.7. The number of benzene rings is 2. The normalized spacial score (nSPS) is 18.3. The first-order valence-corrected chi connectivity index (χ1v) is 10.7. The molecule has 1 amide bonds. The summed E-state index contributed by atoms with van der Waals surface area (Å²) in [5, 5.41) is 1.15. The van der Waals surface area contributed by atoms with Gasteiger partial charge in [-0.25, -0.2) is 9.78 Å². The summed E-state index contributed by atoms with van der Waals surface area (Å²) in [6, 6.07) is 16.1. The molecule has 0 unspecified atom stereocenters. The number of fused-ring (bicyclic) bond motifs is 2. The molecular formula is C24H23N5O2. The summed E-state index contributed by atoms with van der Waals surface area (Å²) in [7, 11) is 0. The lowest BCUT2D eigenvalue weighted by Gasteiger charge is -2.42. The first kappa shape index (κ1) is 18.2. The molecule has 2 fully saturated rings. The van der Waals surface area contributed by atoms with Crippen LogP contribution in [-0.2, 0) is 11.3 Å². The van der Waals surface area contributed by atoms with E-state index in [2.05, 4.69) is 27.0 Å². The number of cyclic esters (lactones) is 1. The third-order valence-electron chi connectivity index (χ3n) is 6.71. The number of para-hydroxylation sites is 3. The van der Waals surface area contributed by atoms with Gasteiger partial charge in [0, 0.05) is 30.2 Å². The van der Waals surface area contributed by atoms with E-state index in [4.69, 9.17) is 9.72 Å². The molecule has 6 rings (SSSR count). The van der Waals surface area contributed by atoms with Gasteiger partial charge in [-0.15, -0.1) is 0 Å². The number of nitrogens with one attached hydrogen (secondary N) is 1. The van der Waals surface area contributed by atoms with Gasteiger partial charge in [-0.2, -0.15) is 0 Å². The summed E-state index contributed by atoms with van der Waals surface area (Å²) < 4.78 is 5.55. The monoisotopic (exact) mass is 413 g/mol. The van der Waals surface area contributed by atoms with E-state index in [1.54, 1.807) is 0 Å². The van der Waals surface area contributed by atoms with Crippen molar-refractivity contribution in [1.29, 1.82) is 0 Å². The minimum absolute atomic E-state index is 0.218. The Labute approximate surface area is 179 Å². The Hall–Kier alpha value is -3.61. The Balaban J connectivity index is 1.23. The fourth-order valence-corrected chi connectivity index (χ4v) is 4.88. The van der Waals surface area contributed by atoms with Crippen molar-refractivity contribution in [1.82, 2.24) is 19.9 Å². The topological polar surface area (TPSA) is 74.3 Å². The number of piperidine rings is 1. The van der Waals surface area contributed by atoms with Crippen molar-refractivity contribution in [2.75, 3.05) is 24.6 Å². The Bertz CT molecular complexity index is 1280. The zero-order valence-electron chi connectivity index (χ0n) is 17.1. The third kappa shape index (κ3) is 3.00. The SMILES string of the molecule is O=C1OCC2(CCN(c3cnc4ccccc4n3)CC2)N1Cc1c[nH]c2ccccc12. The minimum Gasteiger partial charge on any atom is -0.447 e. The molecule has 0 radical (unpaired) electrons. The van der Waals surface area contributed by atoms with E-state index in [9.17, 15) is 4.79 Å². The number of rotatable bonds is 3. The molecule has 0 atom stereocenters. The van der Waals surface area contributed by atoms with Crippen LogP contribution in [0.5, 0.6) is 0 Å². The zero-order chi connectivity index (χ0) is 20.8. The fraction of sp³-hybridized carbons (Fsp3) is 0.292. The van der Waals surface area contributed by atoms with Gasteiger partial charge in [-0.1, -0.05) is 30.3 Å². The number of nitrogens with zero attached hydrogens (tertiary/aromatic N) is 4. The molecule has 2 aromatic heterocycles. The van der Waals surface area contributed by atoms with Crippen LogP contribution in [-0.4, -0.2) is 51.2 Å². The van der Waals surface area contributed by atoms with Crippen LogP contribution in [0, 0.1) is 0 Å². The molecule has 7 heteroatoms. The van der Waals surface area contributed by atoms with Crippen LogP contribution in [0.3, 0.4) is 0 Å². The van der Waals surface area contributed by atoms with E-state index in [0.29, 0.717) is 13.2 Å². The predicted octanol–water partition coefficient (Wildman–Crippen LogP) is 4.10. The highest BCUT2D eigenvalue weighted by Gasteiger charge is 2.49. The molecule has 4 aromatic rings. The standard InChI is InChI=1S/C24H23N5O2/c30-23-29(15-17-13-25-19-6-2-1-5-18(17)19)24(16-31-23)9-11-28(12-10-24)22-14-26-20-7-3-4-8-21(20)27-22/h1-8,13-14,25H,9-12,15-16H2. The Morgan fingerprint density at radius 2 is 1.81 bits per heavy atom. The van der Waals surface area contributed by atoms with E-state index < -0.39 is 0 Å². The van der Waals surface area contributed by atoms with Crippen molar-refractivity contribution in [2.45, 2.75) is 24.9 Å². The summed E-state index contributed by atoms with van der Waals surface area (Å²) in [6.07, 6.45) is 5.32. The van der Waals surface area contributed by atoms with Crippen molar-refractivity contribution in [3.63, 3.8) is 0 Å². The van der Waals surface area contributed by atoms with Gasteiger partial charge >= 0.3 is 6.09 Å². The zero-order valence-corrected chi connectivity index (χ0v) is 17.1. The van der Waals surface area contributed by atoms with E-state index in [1.807, 2.05) is 53.7 Å². The number of hydrogen-bond acceptors (Lipinski definition) is 5. The fourth-order valence-electron chi connectivity index (χ4n) is 4.88. The van der Waals surface area contributed by atoms with Gasteiger partial charge in [0.1, 0.15) is 12.4 Å². The number of anilines is 1. The molecule has 1 spiro atoms. The molecule has 31 heavy (non-hydrogen) atoms. The lowest BCUT2D eigenvalue weighted by Crippen LogP contribution is -2.54. The maximum Gasteiger partial charge on any atom is 0.410 e. The van der Waals surface area contributed by atoms with Crippen LogP contribution in [0.15, 0.2) is 60.9 Å². The van der Waals surface area contributed by atoms with E-state index in [1.165, 1.54) is 0 Å². The molecule has 2 aliphatic heterocycles. The van der Waals surface area contributed by atoms with Crippen LogP contribution in [0.25, 0.3) is 21.9 Å². The molecule has 2 saturated heterocycles.